The van der Waals surface area contributed by atoms with Crippen molar-refractivity contribution >= 4 is 8.56 Å². The molecule has 0 heterocycles. The first kappa shape index (κ1) is 63.0. The van der Waals surface area contributed by atoms with E-state index < -0.39 is 194 Å². The zero-order chi connectivity index (χ0) is 52.2. The highest BCUT2D eigenvalue weighted by molar-refractivity contribution is 6.67. The molecule has 65 heavy (non-hydrogen) atoms. The summed E-state index contributed by atoms with van der Waals surface area (Å²) in [5, 5.41) is 0. The molecule has 0 radical (unpaired) electrons. The summed E-state index contributed by atoms with van der Waals surface area (Å²) in [6, 6.07) is -1.58. The lowest BCUT2D eigenvalue weighted by Gasteiger charge is -2.32. The summed E-state index contributed by atoms with van der Waals surface area (Å²) in [6.07, 6.45) is -52.0. The van der Waals surface area contributed by atoms with Crippen molar-refractivity contribution in [2.45, 2.75) is 185 Å². The average Bonchev–Trinajstić information content (AvgIpc) is 2.92. The molecular weight excluding hydrogens is 1010 g/mol. The van der Waals surface area contributed by atoms with Gasteiger partial charge in [-0.15, -0.1) is 0 Å². The first-order chi connectivity index (χ1) is 28.1. The van der Waals surface area contributed by atoms with Crippen LogP contribution in [0.3, 0.4) is 0 Å². The van der Waals surface area contributed by atoms with E-state index in [2.05, 4.69) is 0 Å². The molecule has 0 saturated heterocycles. The summed E-state index contributed by atoms with van der Waals surface area (Å²) in [6.45, 7) is 0. The van der Waals surface area contributed by atoms with Crippen molar-refractivity contribution in [2.24, 2.45) is 0 Å². The second kappa shape index (κ2) is 20.6. The van der Waals surface area contributed by atoms with Crippen LogP contribution in [0.25, 0.3) is 0 Å². The summed E-state index contributed by atoms with van der Waals surface area (Å²) in [5.41, 5.74) is 0. The quantitative estimate of drug-likeness (QED) is 0.0527. The average molecular weight is 1050 g/mol. The Kier molecular flexibility index (Phi) is 19.9. The van der Waals surface area contributed by atoms with Gasteiger partial charge in [-0.2, -0.15) is 43.9 Å². The predicted octanol–water partition coefficient (Wildman–Crippen LogP) is 15.9. The van der Waals surface area contributed by atoms with Crippen LogP contribution >= 0.6 is 0 Å². The maximum Gasteiger partial charge on any atom is 0.453 e. The van der Waals surface area contributed by atoms with E-state index in [9.17, 15) is 132 Å². The highest BCUT2D eigenvalue weighted by atomic mass is 28.4. The molecule has 2 nitrogen and oxygen atoms in total. The lowest BCUT2D eigenvalue weighted by atomic mass is 9.94. The Labute approximate surface area is 349 Å². The maximum atomic E-state index is 14.5. The fourth-order valence-electron chi connectivity index (χ4n) is 6.40. The van der Waals surface area contributed by atoms with Gasteiger partial charge in [0.25, 0.3) is 59.2 Å². The van der Waals surface area contributed by atoms with Crippen molar-refractivity contribution < 1.29 is 141 Å². The van der Waals surface area contributed by atoms with Gasteiger partial charge < -0.3 is 8.85 Å². The lowest BCUT2D eigenvalue weighted by molar-refractivity contribution is -0.304. The van der Waals surface area contributed by atoms with Crippen LogP contribution in [-0.2, 0) is 8.85 Å². The molecule has 0 rings (SSSR count). The molecule has 0 aromatic rings. The number of alkyl halides is 30. The van der Waals surface area contributed by atoms with Crippen LogP contribution in [0, 0.1) is 0 Å². The largest absolute Gasteiger partial charge is 0.453 e. The minimum absolute atomic E-state index is 0.763. The Morgan fingerprint density at radius 3 is 0.600 bits per heavy atom. The van der Waals surface area contributed by atoms with E-state index in [0.29, 0.717) is 0 Å². The van der Waals surface area contributed by atoms with Gasteiger partial charge in [0, 0.05) is 27.1 Å². The molecule has 0 spiro atoms. The van der Waals surface area contributed by atoms with Gasteiger partial charge in [-0.1, -0.05) is 0 Å². The number of hydrogen-bond donors (Lipinski definition) is 0. The molecule has 0 aromatic heterocycles. The molecule has 0 aliphatic carbocycles. The van der Waals surface area contributed by atoms with E-state index in [-0.39, 0.29) is 0 Å². The molecular formula is C32H38F30O2Si. The maximum absolute atomic E-state index is 14.5. The van der Waals surface area contributed by atoms with Crippen LogP contribution in [-0.4, -0.2) is 106 Å². The van der Waals surface area contributed by atoms with Crippen LogP contribution < -0.4 is 0 Å². The molecule has 0 aromatic carbocycles. The minimum Gasteiger partial charge on any atom is -0.398 e. The zero-order valence-corrected chi connectivity index (χ0v) is 34.0. The summed E-state index contributed by atoms with van der Waals surface area (Å²) >= 11 is 0. The summed E-state index contributed by atoms with van der Waals surface area (Å²) in [7, 11) is -2.54. The van der Waals surface area contributed by atoms with Crippen LogP contribution in [0.15, 0.2) is 0 Å². The van der Waals surface area contributed by atoms with E-state index in [1.165, 1.54) is 0 Å². The van der Waals surface area contributed by atoms with Crippen molar-refractivity contribution in [3.63, 3.8) is 0 Å². The summed E-state index contributed by atoms with van der Waals surface area (Å²) in [4.78, 5) is 0. The molecule has 0 bridgehead atoms. The van der Waals surface area contributed by atoms with Crippen molar-refractivity contribution in [2.75, 3.05) is 14.2 Å². The van der Waals surface area contributed by atoms with Gasteiger partial charge in [0.2, 0.25) is 0 Å². The van der Waals surface area contributed by atoms with Crippen LogP contribution in [0.5, 0.6) is 0 Å². The van der Waals surface area contributed by atoms with Gasteiger partial charge in [-0.05, 0) is 24.9 Å². The molecule has 392 valence electrons. The van der Waals surface area contributed by atoms with Gasteiger partial charge in [0.1, 0.15) is 0 Å². The van der Waals surface area contributed by atoms with E-state index in [1.807, 2.05) is 0 Å². The fourth-order valence-corrected chi connectivity index (χ4v) is 9.07. The van der Waals surface area contributed by atoms with Crippen molar-refractivity contribution in [1.82, 2.24) is 0 Å². The zero-order valence-electron chi connectivity index (χ0n) is 33.0. The van der Waals surface area contributed by atoms with E-state index >= 15 is 0 Å². The lowest BCUT2D eigenvalue weighted by Crippen LogP contribution is -2.45. The Bertz CT molecular complexity index is 1360. The minimum atomic E-state index is -6.71. The standard InChI is InChI=1S/C32H38F30O2Si/c1-63-65(64-2,7-3-5-19(33,34)9-21(37,38)11-23(41,42)13-25(45,46)15-27(49,50)17-29(53,54)31(57,58)59)8-4-6-20(35,36)10-22(39,40)12-24(43,44)14-26(47,48)16-28(51,52)18-30(55,56)32(60,61)62/h3-18H2,1-2H3. The van der Waals surface area contributed by atoms with Crippen molar-refractivity contribution in [3.8, 4) is 0 Å². The first-order valence-electron chi connectivity index (χ1n) is 17.9. The second-order valence-corrected chi connectivity index (χ2v) is 19.4. The summed E-state index contributed by atoms with van der Waals surface area (Å²) in [5.74, 6) is -66.5. The normalized spacial score (nSPS) is 15.9. The number of rotatable bonds is 30. The number of hydrogen-bond acceptors (Lipinski definition) is 2. The van der Waals surface area contributed by atoms with Crippen molar-refractivity contribution in [1.29, 1.82) is 0 Å². The van der Waals surface area contributed by atoms with E-state index in [4.69, 9.17) is 8.85 Å². The molecule has 0 N–H and O–H groups in total. The third-order valence-electron chi connectivity index (χ3n) is 8.87. The molecule has 0 aliphatic heterocycles. The van der Waals surface area contributed by atoms with Crippen LogP contribution in [0.4, 0.5) is 132 Å². The van der Waals surface area contributed by atoms with Gasteiger partial charge in [0.05, 0.1) is 64.2 Å². The molecule has 0 fully saturated rings. The molecule has 0 saturated carbocycles. The van der Waals surface area contributed by atoms with Gasteiger partial charge in [-0.3, -0.25) is 0 Å². The molecule has 0 aliphatic rings. The van der Waals surface area contributed by atoms with E-state index in [1.54, 1.807) is 0 Å². The van der Waals surface area contributed by atoms with Gasteiger partial charge in [0.15, 0.2) is 0 Å². The third-order valence-corrected chi connectivity index (χ3v) is 12.6. The summed E-state index contributed by atoms with van der Waals surface area (Å²) < 4.78 is 416. The van der Waals surface area contributed by atoms with Crippen LogP contribution in [0.2, 0.25) is 12.1 Å². The monoisotopic (exact) mass is 1050 g/mol. The molecule has 0 amide bonds. The number of halogens is 30. The second-order valence-electron chi connectivity index (χ2n) is 15.8. The Balaban J connectivity index is 5.48. The highest BCUT2D eigenvalue weighted by Crippen LogP contribution is 2.52. The first-order valence-corrected chi connectivity index (χ1v) is 20.1. The fraction of sp³-hybridized carbons (Fsp3) is 1.00. The Morgan fingerprint density at radius 1 is 0.262 bits per heavy atom. The topological polar surface area (TPSA) is 18.5 Å². The van der Waals surface area contributed by atoms with Crippen molar-refractivity contribution in [3.05, 3.63) is 0 Å². The SMILES string of the molecule is CO[Si](CCCC(F)(F)CC(F)(F)CC(F)(F)CC(F)(F)CC(F)(F)CC(F)(F)C(F)(F)F)(CCCC(F)(F)CC(F)(F)CC(F)(F)CC(F)(F)CC(F)(F)CC(F)(F)C(F)(F)F)OC. The molecule has 0 unspecified atom stereocenters. The smallest absolute Gasteiger partial charge is 0.398 e. The van der Waals surface area contributed by atoms with Gasteiger partial charge >= 0.3 is 32.8 Å². The highest BCUT2D eigenvalue weighted by Gasteiger charge is 2.65. The predicted molar refractivity (Wildman–Crippen MR) is 165 cm³/mol. The molecule has 33 heteroatoms. The Morgan fingerprint density at radius 2 is 0.431 bits per heavy atom. The van der Waals surface area contributed by atoms with Crippen LogP contribution in [0.1, 0.15) is 89.9 Å². The molecule has 0 atom stereocenters. The Hall–Kier alpha value is -1.96. The third kappa shape index (κ3) is 23.3. The van der Waals surface area contributed by atoms with E-state index in [0.717, 1.165) is 14.2 Å². The van der Waals surface area contributed by atoms with Gasteiger partial charge in [-0.25, -0.2) is 87.8 Å².